The number of anilines is 1. The number of amides is 2. The zero-order valence-electron chi connectivity index (χ0n) is 22.0. The minimum absolute atomic E-state index is 0.0696. The van der Waals surface area contributed by atoms with E-state index < -0.39 is 35.6 Å². The summed E-state index contributed by atoms with van der Waals surface area (Å²) in [6.07, 6.45) is 1.69. The fourth-order valence-electron chi connectivity index (χ4n) is 5.31. The smallest absolute Gasteiger partial charge is 0.256 e. The number of para-hydroxylation sites is 1. The van der Waals surface area contributed by atoms with E-state index in [-0.39, 0.29) is 23.9 Å². The van der Waals surface area contributed by atoms with Crippen LogP contribution in [0.4, 0.5) is 14.5 Å². The van der Waals surface area contributed by atoms with Crippen molar-refractivity contribution in [1.82, 2.24) is 10.7 Å². The van der Waals surface area contributed by atoms with Crippen LogP contribution in [0.15, 0.2) is 66.7 Å². The van der Waals surface area contributed by atoms with Gasteiger partial charge in [0.2, 0.25) is 0 Å². The van der Waals surface area contributed by atoms with E-state index in [0.717, 1.165) is 54.2 Å². The highest BCUT2D eigenvalue weighted by Crippen LogP contribution is 2.45. The number of nitrogens with one attached hydrogen (secondary N) is 2. The van der Waals surface area contributed by atoms with Gasteiger partial charge >= 0.3 is 0 Å². The van der Waals surface area contributed by atoms with E-state index in [0.29, 0.717) is 11.6 Å². The Morgan fingerprint density at radius 3 is 2.31 bits per heavy atom. The molecule has 0 saturated heterocycles. The normalized spacial score (nSPS) is 18.3. The number of carbonyl (C=O) groups excluding carboxylic acids is 2. The Hall–Kier alpha value is -3.62. The predicted molar refractivity (Wildman–Crippen MR) is 146 cm³/mol. The van der Waals surface area contributed by atoms with Crippen LogP contribution in [0, 0.1) is 23.5 Å². The van der Waals surface area contributed by atoms with Gasteiger partial charge in [-0.1, -0.05) is 69.2 Å². The van der Waals surface area contributed by atoms with Crippen molar-refractivity contribution in [3.8, 4) is 11.1 Å². The highest BCUT2D eigenvalue weighted by Gasteiger charge is 2.39. The van der Waals surface area contributed by atoms with E-state index in [9.17, 15) is 23.5 Å². The van der Waals surface area contributed by atoms with Gasteiger partial charge in [0.15, 0.2) is 0 Å². The summed E-state index contributed by atoms with van der Waals surface area (Å²) in [5, 5.41) is 14.9. The summed E-state index contributed by atoms with van der Waals surface area (Å²) in [6, 6.07) is 17.5. The fourth-order valence-corrected chi connectivity index (χ4v) is 5.31. The Bertz CT molecular complexity index is 1350. The highest BCUT2D eigenvalue weighted by atomic mass is 19.1. The standard InChI is InChI=1S/C31H33F2N3O3/c1-18(2)29(34-17-28(37)20-14-21(32)16-22(33)15-20)30(38)35-36-27-10-6-5-9-25(27)23-7-3-4-8-24(23)26(31(36)39)13-19-11-12-19/h3-10,14-16,18-19,26,28-29,34,37H,11-13,17H2,1-2H3,(H,35,38)/t26?,28-,29+/m1/s1. The summed E-state index contributed by atoms with van der Waals surface area (Å²) in [5.41, 5.74) is 6.33. The number of carbonyl (C=O) groups is 2. The van der Waals surface area contributed by atoms with Crippen LogP contribution >= 0.6 is 0 Å². The third kappa shape index (κ3) is 5.87. The van der Waals surface area contributed by atoms with Crippen molar-refractivity contribution in [2.45, 2.75) is 51.2 Å². The van der Waals surface area contributed by atoms with Crippen molar-refractivity contribution in [3.05, 3.63) is 89.5 Å². The van der Waals surface area contributed by atoms with Gasteiger partial charge in [-0.2, -0.15) is 0 Å². The first-order chi connectivity index (χ1) is 18.7. The lowest BCUT2D eigenvalue weighted by Crippen LogP contribution is -2.56. The molecule has 39 heavy (non-hydrogen) atoms. The molecule has 8 heteroatoms. The molecule has 1 aliphatic carbocycles. The van der Waals surface area contributed by atoms with Crippen LogP contribution < -0.4 is 15.8 Å². The SMILES string of the molecule is CC(C)[C@H](NC[C@@H](O)c1cc(F)cc(F)c1)C(=O)NN1C(=O)C(CC2CC2)c2ccccc2-c2ccccc21. The Morgan fingerprint density at radius 2 is 1.64 bits per heavy atom. The fraction of sp³-hybridized carbons (Fsp3) is 0.355. The van der Waals surface area contributed by atoms with E-state index in [4.69, 9.17) is 0 Å². The van der Waals surface area contributed by atoms with Gasteiger partial charge in [-0.25, -0.2) is 13.8 Å². The van der Waals surface area contributed by atoms with Crippen LogP contribution in [0.25, 0.3) is 11.1 Å². The number of aliphatic hydroxyl groups excluding tert-OH is 1. The van der Waals surface area contributed by atoms with Crippen molar-refractivity contribution < 1.29 is 23.5 Å². The molecule has 3 aromatic rings. The van der Waals surface area contributed by atoms with E-state index in [1.165, 1.54) is 5.01 Å². The van der Waals surface area contributed by atoms with Gasteiger partial charge in [-0.05, 0) is 53.1 Å². The largest absolute Gasteiger partial charge is 0.387 e. The number of aliphatic hydroxyl groups is 1. The van der Waals surface area contributed by atoms with Crippen molar-refractivity contribution >= 4 is 17.5 Å². The molecule has 3 atom stereocenters. The molecule has 2 aliphatic rings. The Labute approximate surface area is 227 Å². The summed E-state index contributed by atoms with van der Waals surface area (Å²) in [7, 11) is 0. The van der Waals surface area contributed by atoms with Gasteiger partial charge in [0.05, 0.1) is 23.8 Å². The minimum atomic E-state index is -1.23. The molecule has 6 nitrogen and oxygen atoms in total. The second-order valence-electron chi connectivity index (χ2n) is 10.8. The molecule has 3 aromatic carbocycles. The van der Waals surface area contributed by atoms with E-state index in [1.807, 2.05) is 62.4 Å². The van der Waals surface area contributed by atoms with Crippen molar-refractivity contribution in [2.75, 3.05) is 11.6 Å². The van der Waals surface area contributed by atoms with Crippen molar-refractivity contribution in [1.29, 1.82) is 0 Å². The van der Waals surface area contributed by atoms with Gasteiger partial charge in [0.1, 0.15) is 11.6 Å². The number of rotatable bonds is 9. The summed E-state index contributed by atoms with van der Waals surface area (Å²) >= 11 is 0. The van der Waals surface area contributed by atoms with Crippen LogP contribution in [0.5, 0.6) is 0 Å². The topological polar surface area (TPSA) is 81.7 Å². The van der Waals surface area contributed by atoms with Gasteiger partial charge in [-0.3, -0.25) is 15.0 Å². The molecule has 0 aromatic heterocycles. The maximum atomic E-state index is 14.1. The second kappa shape index (κ2) is 11.2. The molecule has 1 fully saturated rings. The van der Waals surface area contributed by atoms with Crippen molar-refractivity contribution in [2.24, 2.45) is 11.8 Å². The van der Waals surface area contributed by atoms with Crippen LogP contribution in [0.2, 0.25) is 0 Å². The number of hydrogen-bond acceptors (Lipinski definition) is 4. The molecule has 1 unspecified atom stereocenters. The van der Waals surface area contributed by atoms with E-state index in [2.05, 4.69) is 10.7 Å². The molecule has 1 heterocycles. The maximum Gasteiger partial charge on any atom is 0.256 e. The third-order valence-corrected chi connectivity index (χ3v) is 7.53. The first kappa shape index (κ1) is 27.0. The lowest BCUT2D eigenvalue weighted by Gasteiger charge is -2.30. The molecule has 3 N–H and O–H groups in total. The van der Waals surface area contributed by atoms with Crippen LogP contribution in [0.3, 0.4) is 0 Å². The lowest BCUT2D eigenvalue weighted by atomic mass is 9.88. The first-order valence-electron chi connectivity index (χ1n) is 13.4. The number of nitrogens with zero attached hydrogens (tertiary/aromatic N) is 1. The zero-order valence-corrected chi connectivity index (χ0v) is 22.0. The Balaban J connectivity index is 1.40. The summed E-state index contributed by atoms with van der Waals surface area (Å²) in [6.45, 7) is 3.57. The second-order valence-corrected chi connectivity index (χ2v) is 10.8. The van der Waals surface area contributed by atoms with Crippen LogP contribution in [0.1, 0.15) is 56.3 Å². The molecule has 0 spiro atoms. The van der Waals surface area contributed by atoms with Crippen LogP contribution in [-0.4, -0.2) is 29.5 Å². The number of hydrazine groups is 1. The number of halogens is 2. The lowest BCUT2D eigenvalue weighted by molar-refractivity contribution is -0.128. The Kier molecular flexibility index (Phi) is 7.77. The van der Waals surface area contributed by atoms with Gasteiger partial charge < -0.3 is 10.4 Å². The average molecular weight is 534 g/mol. The summed E-state index contributed by atoms with van der Waals surface area (Å²) in [5.74, 6) is -2.32. The monoisotopic (exact) mass is 533 g/mol. The molecule has 5 rings (SSSR count). The van der Waals surface area contributed by atoms with E-state index in [1.54, 1.807) is 0 Å². The zero-order chi connectivity index (χ0) is 27.7. The molecule has 0 radical (unpaired) electrons. The molecule has 0 bridgehead atoms. The van der Waals surface area contributed by atoms with E-state index >= 15 is 0 Å². The molecule has 1 aliphatic heterocycles. The first-order valence-corrected chi connectivity index (χ1v) is 13.4. The quantitative estimate of drug-likeness (QED) is 0.351. The number of hydrogen-bond donors (Lipinski definition) is 3. The van der Waals surface area contributed by atoms with Gasteiger partial charge in [0, 0.05) is 18.2 Å². The molecule has 1 saturated carbocycles. The summed E-state index contributed by atoms with van der Waals surface area (Å²) in [4.78, 5) is 27.7. The van der Waals surface area contributed by atoms with Gasteiger partial charge in [-0.15, -0.1) is 0 Å². The molecule has 204 valence electrons. The maximum absolute atomic E-state index is 14.1. The number of fused-ring (bicyclic) bond motifs is 3. The molecular formula is C31H33F2N3O3. The van der Waals surface area contributed by atoms with Gasteiger partial charge in [0.25, 0.3) is 11.8 Å². The predicted octanol–water partition coefficient (Wildman–Crippen LogP) is 5.24. The highest BCUT2D eigenvalue weighted by molar-refractivity contribution is 6.06. The summed E-state index contributed by atoms with van der Waals surface area (Å²) < 4.78 is 27.3. The minimum Gasteiger partial charge on any atom is -0.387 e. The van der Waals surface area contributed by atoms with Crippen molar-refractivity contribution in [3.63, 3.8) is 0 Å². The number of benzene rings is 3. The third-order valence-electron chi connectivity index (χ3n) is 7.53. The molecular weight excluding hydrogens is 500 g/mol. The molecule has 2 amide bonds. The average Bonchev–Trinajstić information content (AvgIpc) is 3.74. The Morgan fingerprint density at radius 1 is 1.00 bits per heavy atom. The van der Waals surface area contributed by atoms with Crippen LogP contribution in [-0.2, 0) is 9.59 Å².